The maximum Gasteiger partial charge on any atom is 0.315 e. The second-order valence-corrected chi connectivity index (χ2v) is 6.02. The fourth-order valence-electron chi connectivity index (χ4n) is 2.48. The molecule has 0 aromatic carbocycles. The number of ether oxygens (including phenoxy) is 1. The quantitative estimate of drug-likeness (QED) is 0.879. The van der Waals surface area contributed by atoms with Gasteiger partial charge in [0.1, 0.15) is 5.92 Å². The predicted molar refractivity (Wildman–Crippen MR) is 82.1 cm³/mol. The van der Waals surface area contributed by atoms with E-state index in [-0.39, 0.29) is 11.9 Å². The largest absolute Gasteiger partial charge is 0.465 e. The third-order valence-electron chi connectivity index (χ3n) is 3.54. The molecule has 1 aliphatic rings. The van der Waals surface area contributed by atoms with Crippen LogP contribution in [0.1, 0.15) is 35.5 Å². The molecule has 6 heteroatoms. The van der Waals surface area contributed by atoms with E-state index in [9.17, 15) is 4.79 Å². The lowest BCUT2D eigenvalue weighted by Gasteiger charge is -2.08. The number of rotatable bonds is 4. The molecule has 1 aliphatic carbocycles. The number of carbonyl (C=O) groups excluding carboxylic acids is 1. The van der Waals surface area contributed by atoms with Crippen molar-refractivity contribution in [1.82, 2.24) is 9.97 Å². The van der Waals surface area contributed by atoms with Crippen molar-refractivity contribution < 1.29 is 9.53 Å². The minimum Gasteiger partial charge on any atom is -0.465 e. The fourth-order valence-corrected chi connectivity index (χ4v) is 3.54. The number of hydrogen-bond acceptors (Lipinski definition) is 6. The van der Waals surface area contributed by atoms with Crippen molar-refractivity contribution in [2.75, 3.05) is 11.9 Å². The highest BCUT2D eigenvalue weighted by molar-refractivity contribution is 7.15. The summed E-state index contributed by atoms with van der Waals surface area (Å²) < 4.78 is 5.12. The third kappa shape index (κ3) is 2.76. The van der Waals surface area contributed by atoms with Gasteiger partial charge >= 0.3 is 5.97 Å². The zero-order valence-corrected chi connectivity index (χ0v) is 12.9. The Morgan fingerprint density at radius 3 is 3.19 bits per heavy atom. The van der Waals surface area contributed by atoms with Gasteiger partial charge in [-0.3, -0.25) is 9.78 Å². The van der Waals surface area contributed by atoms with Gasteiger partial charge in [-0.1, -0.05) is 0 Å². The molecule has 0 saturated heterocycles. The summed E-state index contributed by atoms with van der Waals surface area (Å²) in [6, 6.07) is 3.86. The first-order chi connectivity index (χ1) is 10.2. The van der Waals surface area contributed by atoms with Crippen molar-refractivity contribution in [2.24, 2.45) is 0 Å². The van der Waals surface area contributed by atoms with Crippen LogP contribution in [0.2, 0.25) is 0 Å². The van der Waals surface area contributed by atoms with E-state index >= 15 is 0 Å². The highest BCUT2D eigenvalue weighted by Crippen LogP contribution is 2.39. The average Bonchev–Trinajstić information content (AvgIpc) is 3.01. The Morgan fingerprint density at radius 2 is 2.43 bits per heavy atom. The Balaban J connectivity index is 1.81. The first-order valence-electron chi connectivity index (χ1n) is 7.04. The summed E-state index contributed by atoms with van der Waals surface area (Å²) in [5.41, 5.74) is 2.75. The number of pyridine rings is 1. The standard InChI is InChI=1S/C15H17N3O2S/c1-3-20-14(19)10-6-7-12-13(10)18-15(21-12)17-11-5-4-8-16-9(11)2/h4-5,8,10H,3,6-7H2,1-2H3,(H,17,18). The SMILES string of the molecule is CCOC(=O)C1CCc2sc(Nc3cccnc3C)nc21. The van der Waals surface area contributed by atoms with E-state index in [1.165, 1.54) is 4.88 Å². The number of nitrogens with zero attached hydrogens (tertiary/aromatic N) is 2. The molecule has 2 aromatic rings. The van der Waals surface area contributed by atoms with Crippen LogP contribution in [-0.4, -0.2) is 22.5 Å². The van der Waals surface area contributed by atoms with Crippen molar-refractivity contribution in [3.05, 3.63) is 34.6 Å². The number of carbonyl (C=O) groups is 1. The lowest BCUT2D eigenvalue weighted by molar-refractivity contribution is -0.145. The van der Waals surface area contributed by atoms with Crippen molar-refractivity contribution in [3.63, 3.8) is 0 Å². The molecule has 21 heavy (non-hydrogen) atoms. The fraction of sp³-hybridized carbons (Fsp3) is 0.400. The average molecular weight is 303 g/mol. The number of fused-ring (bicyclic) bond motifs is 1. The van der Waals surface area contributed by atoms with Crippen molar-refractivity contribution >= 4 is 28.1 Å². The van der Waals surface area contributed by atoms with Crippen LogP contribution >= 0.6 is 11.3 Å². The summed E-state index contributed by atoms with van der Waals surface area (Å²) in [6.07, 6.45) is 3.46. The molecule has 1 N–H and O–H groups in total. The third-order valence-corrected chi connectivity index (χ3v) is 4.58. The van der Waals surface area contributed by atoms with Crippen LogP contribution in [0.3, 0.4) is 0 Å². The lowest BCUT2D eigenvalue weighted by Crippen LogP contribution is -2.14. The first kappa shape index (κ1) is 14.0. The normalized spacial score (nSPS) is 16.6. The number of hydrogen-bond donors (Lipinski definition) is 1. The van der Waals surface area contributed by atoms with Gasteiger partial charge in [0.25, 0.3) is 0 Å². The summed E-state index contributed by atoms with van der Waals surface area (Å²) >= 11 is 1.61. The van der Waals surface area contributed by atoms with Crippen LogP contribution < -0.4 is 5.32 Å². The van der Waals surface area contributed by atoms with Crippen LogP contribution in [0, 0.1) is 6.92 Å². The van der Waals surface area contributed by atoms with E-state index in [2.05, 4.69) is 15.3 Å². The van der Waals surface area contributed by atoms with E-state index in [0.29, 0.717) is 6.61 Å². The number of aromatic nitrogens is 2. The molecule has 5 nitrogen and oxygen atoms in total. The molecule has 2 aromatic heterocycles. The van der Waals surface area contributed by atoms with E-state index < -0.39 is 0 Å². The van der Waals surface area contributed by atoms with E-state index in [0.717, 1.165) is 35.0 Å². The summed E-state index contributed by atoms with van der Waals surface area (Å²) in [6.45, 7) is 4.19. The molecule has 110 valence electrons. The minimum absolute atomic E-state index is 0.161. The van der Waals surface area contributed by atoms with Gasteiger partial charge < -0.3 is 10.1 Å². The zero-order valence-electron chi connectivity index (χ0n) is 12.0. The molecule has 0 spiro atoms. The summed E-state index contributed by atoms with van der Waals surface area (Å²) in [7, 11) is 0. The Kier molecular flexibility index (Phi) is 3.88. The number of nitrogens with one attached hydrogen (secondary N) is 1. The van der Waals surface area contributed by atoms with Gasteiger partial charge in [0, 0.05) is 11.1 Å². The van der Waals surface area contributed by atoms with Crippen molar-refractivity contribution in [1.29, 1.82) is 0 Å². The Labute approximate surface area is 127 Å². The molecule has 0 amide bonds. The topological polar surface area (TPSA) is 64.1 Å². The van der Waals surface area contributed by atoms with Crippen LogP contribution in [0.4, 0.5) is 10.8 Å². The molecule has 0 saturated carbocycles. The van der Waals surface area contributed by atoms with Gasteiger partial charge in [-0.15, -0.1) is 11.3 Å². The number of aryl methyl sites for hydroxylation is 2. The molecule has 0 fully saturated rings. The van der Waals surface area contributed by atoms with Gasteiger partial charge in [-0.2, -0.15) is 0 Å². The summed E-state index contributed by atoms with van der Waals surface area (Å²) in [5, 5.41) is 4.10. The molecular weight excluding hydrogens is 286 g/mol. The molecule has 0 bridgehead atoms. The van der Waals surface area contributed by atoms with Gasteiger partial charge in [0.2, 0.25) is 0 Å². The van der Waals surface area contributed by atoms with Gasteiger partial charge in [0.15, 0.2) is 5.13 Å². The molecular formula is C15H17N3O2S. The predicted octanol–water partition coefficient (Wildman–Crippen LogP) is 3.18. The zero-order chi connectivity index (χ0) is 14.8. The molecule has 2 heterocycles. The van der Waals surface area contributed by atoms with Crippen molar-refractivity contribution in [3.8, 4) is 0 Å². The number of thiazole rings is 1. The van der Waals surface area contributed by atoms with E-state index in [1.54, 1.807) is 17.5 Å². The molecule has 3 rings (SSSR count). The maximum absolute atomic E-state index is 11.9. The number of anilines is 2. The van der Waals surface area contributed by atoms with Crippen molar-refractivity contribution in [2.45, 2.75) is 32.6 Å². The molecule has 1 unspecified atom stereocenters. The highest BCUT2D eigenvalue weighted by atomic mass is 32.1. The Morgan fingerprint density at radius 1 is 1.57 bits per heavy atom. The van der Waals surface area contributed by atoms with Gasteiger partial charge in [-0.25, -0.2) is 4.98 Å². The molecule has 1 atom stereocenters. The second kappa shape index (κ2) is 5.81. The lowest BCUT2D eigenvalue weighted by atomic mass is 10.1. The van der Waals surface area contributed by atoms with Crippen LogP contribution in [0.5, 0.6) is 0 Å². The second-order valence-electron chi connectivity index (χ2n) is 4.93. The molecule has 0 aliphatic heterocycles. The van der Waals surface area contributed by atoms with Crippen LogP contribution in [0.25, 0.3) is 0 Å². The van der Waals surface area contributed by atoms with Crippen LogP contribution in [-0.2, 0) is 16.0 Å². The summed E-state index contributed by atoms with van der Waals surface area (Å²) in [4.78, 5) is 22.0. The highest BCUT2D eigenvalue weighted by Gasteiger charge is 2.33. The first-order valence-corrected chi connectivity index (χ1v) is 7.85. The smallest absolute Gasteiger partial charge is 0.315 e. The van der Waals surface area contributed by atoms with Gasteiger partial charge in [-0.05, 0) is 38.8 Å². The molecule has 0 radical (unpaired) electrons. The Hall–Kier alpha value is -1.95. The van der Waals surface area contributed by atoms with Gasteiger partial charge in [0.05, 0.1) is 23.7 Å². The number of esters is 1. The van der Waals surface area contributed by atoms with E-state index in [1.807, 2.05) is 26.0 Å². The maximum atomic E-state index is 11.9. The summed E-state index contributed by atoms with van der Waals surface area (Å²) in [5.74, 6) is -0.368. The monoisotopic (exact) mass is 303 g/mol. The van der Waals surface area contributed by atoms with Crippen LogP contribution in [0.15, 0.2) is 18.3 Å². The minimum atomic E-state index is -0.207. The van der Waals surface area contributed by atoms with E-state index in [4.69, 9.17) is 4.74 Å². The Bertz CT molecular complexity index is 669.